The summed E-state index contributed by atoms with van der Waals surface area (Å²) in [5, 5.41) is 7.81. The lowest BCUT2D eigenvalue weighted by Crippen LogP contribution is -2.25. The molecule has 6 nitrogen and oxygen atoms in total. The number of carbonyl (C=O) groups excluding carboxylic acids is 2. The molecule has 0 saturated heterocycles. The number of fused-ring (bicyclic) bond motifs is 2. The quantitative estimate of drug-likeness (QED) is 0.550. The van der Waals surface area contributed by atoms with Crippen LogP contribution in [0.15, 0.2) is 67.0 Å². The van der Waals surface area contributed by atoms with Gasteiger partial charge in [-0.05, 0) is 47.9 Å². The van der Waals surface area contributed by atoms with Gasteiger partial charge in [-0.25, -0.2) is 4.98 Å². The zero-order chi connectivity index (χ0) is 19.8. The summed E-state index contributed by atoms with van der Waals surface area (Å²) >= 11 is 0. The van der Waals surface area contributed by atoms with Crippen LogP contribution in [0, 0.1) is 5.92 Å². The molecule has 0 atom stereocenters. The van der Waals surface area contributed by atoms with Gasteiger partial charge in [0.25, 0.3) is 5.91 Å². The van der Waals surface area contributed by atoms with E-state index in [0.717, 1.165) is 35.0 Å². The number of nitrogens with one attached hydrogen (secondary N) is 2. The van der Waals surface area contributed by atoms with Gasteiger partial charge in [0, 0.05) is 18.3 Å². The van der Waals surface area contributed by atoms with Gasteiger partial charge < -0.3 is 15.0 Å². The van der Waals surface area contributed by atoms with Gasteiger partial charge >= 0.3 is 0 Å². The smallest absolute Gasteiger partial charge is 0.253 e. The van der Waals surface area contributed by atoms with Crippen LogP contribution < -0.4 is 10.6 Å². The highest BCUT2D eigenvalue weighted by atomic mass is 16.2. The topological polar surface area (TPSA) is 75.5 Å². The Morgan fingerprint density at radius 3 is 2.55 bits per heavy atom. The molecule has 0 unspecified atom stereocenters. The van der Waals surface area contributed by atoms with Gasteiger partial charge in [0.05, 0.1) is 23.5 Å². The number of imidazole rings is 1. The highest BCUT2D eigenvalue weighted by Crippen LogP contribution is 2.32. The van der Waals surface area contributed by atoms with E-state index in [0.29, 0.717) is 17.8 Å². The fraction of sp³-hybridized carbons (Fsp3) is 0.174. The fourth-order valence-corrected chi connectivity index (χ4v) is 3.45. The Balaban J connectivity index is 1.41. The Kier molecular flexibility index (Phi) is 4.24. The number of benzene rings is 2. The van der Waals surface area contributed by atoms with Gasteiger partial charge in [0.2, 0.25) is 5.91 Å². The van der Waals surface area contributed by atoms with Crippen LogP contribution >= 0.6 is 0 Å². The third-order valence-corrected chi connectivity index (χ3v) is 5.18. The molecule has 0 aliphatic heterocycles. The van der Waals surface area contributed by atoms with Crippen molar-refractivity contribution in [2.24, 2.45) is 5.92 Å². The highest BCUT2D eigenvalue weighted by Gasteiger charge is 2.30. The van der Waals surface area contributed by atoms with Gasteiger partial charge in [0.1, 0.15) is 5.65 Å². The minimum atomic E-state index is -0.237. The fourth-order valence-electron chi connectivity index (χ4n) is 3.45. The van der Waals surface area contributed by atoms with Crippen LogP contribution in [0.1, 0.15) is 28.9 Å². The number of hydrogen-bond donors (Lipinski definition) is 2. The highest BCUT2D eigenvalue weighted by molar-refractivity contribution is 6.08. The Labute approximate surface area is 167 Å². The van der Waals surface area contributed by atoms with Crippen molar-refractivity contribution in [3.63, 3.8) is 0 Å². The molecular formula is C23H20N4O2. The van der Waals surface area contributed by atoms with Crippen molar-refractivity contribution >= 4 is 33.9 Å². The van der Waals surface area contributed by atoms with E-state index < -0.39 is 0 Å². The third-order valence-electron chi connectivity index (χ3n) is 5.18. The molecular weight excluding hydrogens is 364 g/mol. The first-order valence-electron chi connectivity index (χ1n) is 9.72. The van der Waals surface area contributed by atoms with Crippen molar-refractivity contribution in [3.05, 3.63) is 78.2 Å². The van der Waals surface area contributed by atoms with Crippen LogP contribution in [0.4, 0.5) is 5.69 Å². The summed E-state index contributed by atoms with van der Waals surface area (Å²) in [4.78, 5) is 29.8. The molecule has 5 rings (SSSR count). The lowest BCUT2D eigenvalue weighted by molar-refractivity contribution is -0.117. The average molecular weight is 384 g/mol. The predicted octanol–water partition coefficient (Wildman–Crippen LogP) is 3.77. The summed E-state index contributed by atoms with van der Waals surface area (Å²) in [5.74, 6) is -0.191. The molecule has 2 aromatic carbocycles. The summed E-state index contributed by atoms with van der Waals surface area (Å²) in [5.41, 5.74) is 2.61. The van der Waals surface area contributed by atoms with E-state index in [2.05, 4.69) is 15.6 Å². The molecule has 1 fully saturated rings. The van der Waals surface area contributed by atoms with Crippen molar-refractivity contribution in [2.45, 2.75) is 19.4 Å². The number of anilines is 1. The molecule has 2 N–H and O–H groups in total. The van der Waals surface area contributed by atoms with Crippen LogP contribution in [0.5, 0.6) is 0 Å². The van der Waals surface area contributed by atoms with E-state index in [1.165, 1.54) is 0 Å². The number of carbonyl (C=O) groups is 2. The standard InChI is InChI=1S/C23H20N4O2/c28-22(15-8-9-15)26-20-12-17-6-2-1-5-16(17)11-19(20)23(29)24-13-18-14-27-10-4-3-7-21(27)25-18/h1-7,10-12,14-15H,8-9,13H2,(H,24,29)(H,26,28). The Morgan fingerprint density at radius 1 is 1.03 bits per heavy atom. The summed E-state index contributed by atoms with van der Waals surface area (Å²) in [7, 11) is 0. The number of aromatic nitrogens is 2. The largest absolute Gasteiger partial charge is 0.346 e. The van der Waals surface area contributed by atoms with Gasteiger partial charge in [-0.1, -0.05) is 30.3 Å². The monoisotopic (exact) mass is 384 g/mol. The second-order valence-corrected chi connectivity index (χ2v) is 7.39. The first-order valence-corrected chi connectivity index (χ1v) is 9.72. The van der Waals surface area contributed by atoms with Crippen molar-refractivity contribution in [1.82, 2.24) is 14.7 Å². The molecule has 1 aliphatic rings. The molecule has 2 amide bonds. The molecule has 1 aliphatic carbocycles. The van der Waals surface area contributed by atoms with Crippen molar-refractivity contribution < 1.29 is 9.59 Å². The minimum absolute atomic E-state index is 0.0188. The summed E-state index contributed by atoms with van der Waals surface area (Å²) in [6, 6.07) is 17.3. The number of rotatable bonds is 5. The van der Waals surface area contributed by atoms with E-state index >= 15 is 0 Å². The van der Waals surface area contributed by atoms with Gasteiger partial charge in [-0.15, -0.1) is 0 Å². The van der Waals surface area contributed by atoms with Crippen molar-refractivity contribution in [2.75, 3.05) is 5.32 Å². The lowest BCUT2D eigenvalue weighted by atomic mass is 10.0. The molecule has 1 saturated carbocycles. The van der Waals surface area contributed by atoms with Crippen molar-refractivity contribution in [1.29, 1.82) is 0 Å². The average Bonchev–Trinajstić information content (AvgIpc) is 3.51. The summed E-state index contributed by atoms with van der Waals surface area (Å²) in [6.45, 7) is 0.309. The number of amides is 2. The van der Waals surface area contributed by atoms with Crippen molar-refractivity contribution in [3.8, 4) is 0 Å². The second kappa shape index (κ2) is 7.05. The van der Waals surface area contributed by atoms with E-state index in [-0.39, 0.29) is 17.7 Å². The van der Waals surface area contributed by atoms with Crippen LogP contribution in [0.3, 0.4) is 0 Å². The molecule has 2 heterocycles. The Bertz CT molecular complexity index is 1210. The Morgan fingerprint density at radius 2 is 1.79 bits per heavy atom. The van der Waals surface area contributed by atoms with Crippen LogP contribution in [0.2, 0.25) is 0 Å². The first-order chi connectivity index (χ1) is 14.2. The molecule has 144 valence electrons. The molecule has 29 heavy (non-hydrogen) atoms. The van der Waals surface area contributed by atoms with Crippen LogP contribution in [-0.4, -0.2) is 21.2 Å². The predicted molar refractivity (Wildman–Crippen MR) is 112 cm³/mol. The molecule has 2 aromatic heterocycles. The summed E-state index contributed by atoms with van der Waals surface area (Å²) < 4.78 is 1.92. The van der Waals surface area contributed by atoms with Crippen LogP contribution in [0.25, 0.3) is 16.4 Å². The van der Waals surface area contributed by atoms with Gasteiger partial charge in [-0.3, -0.25) is 9.59 Å². The van der Waals surface area contributed by atoms with Crippen LogP contribution in [-0.2, 0) is 11.3 Å². The zero-order valence-electron chi connectivity index (χ0n) is 15.8. The Hall–Kier alpha value is -3.67. The minimum Gasteiger partial charge on any atom is -0.346 e. The number of pyridine rings is 1. The lowest BCUT2D eigenvalue weighted by Gasteiger charge is -2.13. The summed E-state index contributed by atoms with van der Waals surface area (Å²) in [6.07, 6.45) is 5.64. The normalized spacial score (nSPS) is 13.5. The number of hydrogen-bond acceptors (Lipinski definition) is 3. The maximum Gasteiger partial charge on any atom is 0.253 e. The SMILES string of the molecule is O=C(NCc1cn2ccccc2n1)c1cc2ccccc2cc1NC(=O)C1CC1. The van der Waals surface area contributed by atoms with E-state index in [4.69, 9.17) is 0 Å². The molecule has 4 aromatic rings. The first kappa shape index (κ1) is 17.4. The molecule has 0 spiro atoms. The van der Waals surface area contributed by atoms with E-state index in [9.17, 15) is 9.59 Å². The molecule has 6 heteroatoms. The maximum absolute atomic E-state index is 13.0. The second-order valence-electron chi connectivity index (χ2n) is 7.39. The third kappa shape index (κ3) is 3.57. The molecule has 0 radical (unpaired) electrons. The van der Waals surface area contributed by atoms with Gasteiger partial charge in [0.15, 0.2) is 0 Å². The van der Waals surface area contributed by atoms with Gasteiger partial charge in [-0.2, -0.15) is 0 Å². The molecule has 0 bridgehead atoms. The number of nitrogens with zero attached hydrogens (tertiary/aromatic N) is 2. The van der Waals surface area contributed by atoms with E-state index in [1.807, 2.05) is 71.4 Å². The maximum atomic E-state index is 13.0. The van der Waals surface area contributed by atoms with E-state index in [1.54, 1.807) is 0 Å². The zero-order valence-corrected chi connectivity index (χ0v) is 15.8.